The van der Waals surface area contributed by atoms with Crippen LogP contribution >= 0.6 is 0 Å². The van der Waals surface area contributed by atoms with Crippen LogP contribution in [0.2, 0.25) is 0 Å². The van der Waals surface area contributed by atoms with Crippen molar-refractivity contribution in [3.05, 3.63) is 35.1 Å². The molecule has 0 spiro atoms. The summed E-state index contributed by atoms with van der Waals surface area (Å²) in [7, 11) is 2.10. The molecule has 1 heterocycles. The number of hydrogen-bond donors (Lipinski definition) is 1. The lowest BCUT2D eigenvalue weighted by Crippen LogP contribution is -2.20. The Hall–Kier alpha value is -0.930. The molecule has 1 aliphatic heterocycles. The molecule has 0 aromatic heterocycles. The lowest BCUT2D eigenvalue weighted by Gasteiger charge is -2.21. The van der Waals surface area contributed by atoms with E-state index in [9.17, 15) is 4.39 Å². The zero-order chi connectivity index (χ0) is 13.3. The van der Waals surface area contributed by atoms with Crippen molar-refractivity contribution >= 4 is 0 Å². The quantitative estimate of drug-likeness (QED) is 0.893. The molecule has 1 aromatic carbocycles. The van der Waals surface area contributed by atoms with Crippen LogP contribution in [0.5, 0.6) is 0 Å². The number of hydrogen-bond acceptors (Lipinski definition) is 2. The van der Waals surface area contributed by atoms with Crippen LogP contribution < -0.4 is 5.73 Å². The lowest BCUT2D eigenvalue weighted by atomic mass is 9.95. The van der Waals surface area contributed by atoms with Crippen LogP contribution in [0, 0.1) is 11.7 Å². The Morgan fingerprint density at radius 2 is 2.11 bits per heavy atom. The molecule has 0 saturated carbocycles. The number of rotatable bonds is 3. The second-order valence-electron chi connectivity index (χ2n) is 5.77. The minimum Gasteiger partial charge on any atom is -0.330 e. The Labute approximate surface area is 109 Å². The number of halogens is 1. The van der Waals surface area contributed by atoms with Gasteiger partial charge in [-0.3, -0.25) is 4.90 Å². The first-order valence-electron chi connectivity index (χ1n) is 6.72. The van der Waals surface area contributed by atoms with E-state index in [1.807, 2.05) is 0 Å². The van der Waals surface area contributed by atoms with Crippen LogP contribution in [0.1, 0.15) is 43.4 Å². The number of nitrogens with two attached hydrogens (primary N) is 1. The maximum atomic E-state index is 13.7. The second kappa shape index (κ2) is 5.37. The summed E-state index contributed by atoms with van der Waals surface area (Å²) >= 11 is 0. The van der Waals surface area contributed by atoms with E-state index in [0.717, 1.165) is 24.1 Å². The minimum absolute atomic E-state index is 0.124. The molecule has 1 aliphatic rings. The molecule has 0 aliphatic carbocycles. The van der Waals surface area contributed by atoms with Crippen molar-refractivity contribution in [2.24, 2.45) is 11.7 Å². The van der Waals surface area contributed by atoms with Crippen molar-refractivity contribution in [2.75, 3.05) is 20.1 Å². The molecule has 1 fully saturated rings. The summed E-state index contributed by atoms with van der Waals surface area (Å²) in [6, 6.07) is 5.77. The van der Waals surface area contributed by atoms with Gasteiger partial charge in [-0.25, -0.2) is 4.39 Å². The predicted molar refractivity (Wildman–Crippen MR) is 73.0 cm³/mol. The van der Waals surface area contributed by atoms with Crippen LogP contribution in [-0.4, -0.2) is 25.0 Å². The fourth-order valence-corrected chi connectivity index (χ4v) is 2.83. The van der Waals surface area contributed by atoms with Crippen LogP contribution in [0.15, 0.2) is 18.2 Å². The van der Waals surface area contributed by atoms with E-state index in [-0.39, 0.29) is 5.82 Å². The maximum Gasteiger partial charge on any atom is 0.123 e. The molecule has 2 unspecified atom stereocenters. The van der Waals surface area contributed by atoms with E-state index in [2.05, 4.69) is 31.9 Å². The molecule has 18 heavy (non-hydrogen) atoms. The molecular weight excluding hydrogens is 227 g/mol. The van der Waals surface area contributed by atoms with Crippen molar-refractivity contribution in [2.45, 2.75) is 32.2 Å². The second-order valence-corrected chi connectivity index (χ2v) is 5.77. The molecule has 2 nitrogen and oxygen atoms in total. The van der Waals surface area contributed by atoms with Crippen LogP contribution in [0.4, 0.5) is 4.39 Å². The van der Waals surface area contributed by atoms with Gasteiger partial charge in [0, 0.05) is 12.6 Å². The summed E-state index contributed by atoms with van der Waals surface area (Å²) in [5, 5.41) is 0. The zero-order valence-electron chi connectivity index (χ0n) is 11.5. The van der Waals surface area contributed by atoms with Crippen molar-refractivity contribution in [1.82, 2.24) is 4.90 Å². The highest BCUT2D eigenvalue weighted by Crippen LogP contribution is 2.35. The topological polar surface area (TPSA) is 29.3 Å². The SMILES string of the molecule is CC(C)c1cc(F)cc(C2CC(CN)CN2C)c1. The normalized spacial score (nSPS) is 25.0. The van der Waals surface area contributed by atoms with E-state index >= 15 is 0 Å². The predicted octanol–water partition coefficient (Wildman–Crippen LogP) is 2.90. The summed E-state index contributed by atoms with van der Waals surface area (Å²) in [6.45, 7) is 5.92. The van der Waals surface area contributed by atoms with Crippen LogP contribution in [0.25, 0.3) is 0 Å². The Kier molecular flexibility index (Phi) is 4.03. The Balaban J connectivity index is 2.28. The van der Waals surface area contributed by atoms with Gasteiger partial charge in [0.2, 0.25) is 0 Å². The van der Waals surface area contributed by atoms with Gasteiger partial charge in [0.05, 0.1) is 0 Å². The van der Waals surface area contributed by atoms with Crippen LogP contribution in [-0.2, 0) is 0 Å². The van der Waals surface area contributed by atoms with Gasteiger partial charge in [-0.2, -0.15) is 0 Å². The van der Waals surface area contributed by atoms with Gasteiger partial charge in [0.15, 0.2) is 0 Å². The maximum absolute atomic E-state index is 13.7. The van der Waals surface area contributed by atoms with Crippen LogP contribution in [0.3, 0.4) is 0 Å². The van der Waals surface area contributed by atoms with Gasteiger partial charge in [-0.15, -0.1) is 0 Å². The van der Waals surface area contributed by atoms with Gasteiger partial charge in [0.1, 0.15) is 5.82 Å². The third-order valence-electron chi connectivity index (χ3n) is 3.96. The van der Waals surface area contributed by atoms with Gasteiger partial charge < -0.3 is 5.73 Å². The molecule has 0 amide bonds. The van der Waals surface area contributed by atoms with E-state index in [4.69, 9.17) is 5.73 Å². The summed E-state index contributed by atoms with van der Waals surface area (Å²) in [6.07, 6.45) is 1.04. The molecule has 0 bridgehead atoms. The molecule has 3 heteroatoms. The van der Waals surface area contributed by atoms with Gasteiger partial charge in [0.25, 0.3) is 0 Å². The molecule has 1 aromatic rings. The first kappa shape index (κ1) is 13.5. The highest BCUT2D eigenvalue weighted by Gasteiger charge is 2.30. The molecule has 2 rings (SSSR count). The van der Waals surface area contributed by atoms with Gasteiger partial charge >= 0.3 is 0 Å². The lowest BCUT2D eigenvalue weighted by molar-refractivity contribution is 0.313. The Morgan fingerprint density at radius 3 is 2.67 bits per heavy atom. The van der Waals surface area contributed by atoms with E-state index in [0.29, 0.717) is 24.4 Å². The number of benzene rings is 1. The standard InChI is InChI=1S/C15H23FN2/c1-10(2)12-5-13(7-14(16)6-12)15-4-11(8-17)9-18(15)3/h5-7,10-11,15H,4,8-9,17H2,1-3H3. The van der Waals surface area contributed by atoms with Crippen molar-refractivity contribution < 1.29 is 4.39 Å². The highest BCUT2D eigenvalue weighted by atomic mass is 19.1. The molecular formula is C15H23FN2. The van der Waals surface area contributed by atoms with Gasteiger partial charge in [-0.05, 0) is 55.1 Å². The van der Waals surface area contributed by atoms with E-state index in [1.54, 1.807) is 12.1 Å². The zero-order valence-corrected chi connectivity index (χ0v) is 11.5. The smallest absolute Gasteiger partial charge is 0.123 e. The average Bonchev–Trinajstić information content (AvgIpc) is 2.69. The highest BCUT2D eigenvalue weighted by molar-refractivity contribution is 5.29. The third-order valence-corrected chi connectivity index (χ3v) is 3.96. The summed E-state index contributed by atoms with van der Waals surface area (Å²) in [5.41, 5.74) is 7.92. The molecule has 0 radical (unpaired) electrons. The minimum atomic E-state index is -0.124. The Morgan fingerprint density at radius 1 is 1.39 bits per heavy atom. The Bertz CT molecular complexity index is 417. The number of nitrogens with zero attached hydrogens (tertiary/aromatic N) is 1. The summed E-state index contributed by atoms with van der Waals surface area (Å²) < 4.78 is 13.7. The fraction of sp³-hybridized carbons (Fsp3) is 0.600. The van der Waals surface area contributed by atoms with Crippen molar-refractivity contribution in [3.63, 3.8) is 0 Å². The molecule has 2 N–H and O–H groups in total. The molecule has 100 valence electrons. The van der Waals surface area contributed by atoms with Crippen molar-refractivity contribution in [3.8, 4) is 0 Å². The third kappa shape index (κ3) is 2.73. The first-order valence-corrected chi connectivity index (χ1v) is 6.72. The van der Waals surface area contributed by atoms with E-state index < -0.39 is 0 Å². The number of likely N-dealkylation sites (tertiary alicyclic amines) is 1. The summed E-state index contributed by atoms with van der Waals surface area (Å²) in [5.74, 6) is 0.767. The van der Waals surface area contributed by atoms with Gasteiger partial charge in [-0.1, -0.05) is 19.9 Å². The average molecular weight is 250 g/mol. The monoisotopic (exact) mass is 250 g/mol. The molecule has 2 atom stereocenters. The fourth-order valence-electron chi connectivity index (χ4n) is 2.83. The summed E-state index contributed by atoms with van der Waals surface area (Å²) in [4.78, 5) is 2.29. The van der Waals surface area contributed by atoms with Crippen molar-refractivity contribution in [1.29, 1.82) is 0 Å². The van der Waals surface area contributed by atoms with E-state index in [1.165, 1.54) is 0 Å². The largest absolute Gasteiger partial charge is 0.330 e. The molecule has 1 saturated heterocycles. The first-order chi connectivity index (χ1) is 8.51.